The number of hydrogen-bond donors (Lipinski definition) is 1. The number of nitrogens with zero attached hydrogens (tertiary/aromatic N) is 1. The topological polar surface area (TPSA) is 38.9 Å². The molecule has 2 rings (SSSR count). The summed E-state index contributed by atoms with van der Waals surface area (Å²) in [5.41, 5.74) is 9.52. The van der Waals surface area contributed by atoms with E-state index in [9.17, 15) is 0 Å². The normalized spacial score (nSPS) is 18.0. The summed E-state index contributed by atoms with van der Waals surface area (Å²) >= 11 is 0. The highest BCUT2D eigenvalue weighted by atomic mass is 14.8. The van der Waals surface area contributed by atoms with Crippen LogP contribution in [0.4, 0.5) is 0 Å². The van der Waals surface area contributed by atoms with Crippen molar-refractivity contribution in [2.24, 2.45) is 5.73 Å². The largest absolute Gasteiger partial charge is 0.323 e. The lowest BCUT2D eigenvalue weighted by Gasteiger charge is -2.16. The van der Waals surface area contributed by atoms with Gasteiger partial charge in [-0.2, -0.15) is 0 Å². The number of aryl methyl sites for hydroxylation is 2. The zero-order valence-electron chi connectivity index (χ0n) is 8.09. The summed E-state index contributed by atoms with van der Waals surface area (Å²) in [6, 6.07) is 4.32. The highest BCUT2D eigenvalue weighted by Gasteiger charge is 2.11. The van der Waals surface area contributed by atoms with Crippen LogP contribution in [0.15, 0.2) is 12.1 Å². The van der Waals surface area contributed by atoms with Gasteiger partial charge in [-0.3, -0.25) is 4.98 Å². The predicted molar refractivity (Wildman–Crippen MR) is 53.5 cm³/mol. The van der Waals surface area contributed by atoms with E-state index in [1.54, 1.807) is 0 Å². The van der Waals surface area contributed by atoms with Crippen LogP contribution in [0.1, 0.15) is 42.8 Å². The lowest BCUT2D eigenvalue weighted by atomic mass is 9.95. The molecule has 0 amide bonds. The van der Waals surface area contributed by atoms with Gasteiger partial charge in [0.25, 0.3) is 0 Å². The van der Waals surface area contributed by atoms with Gasteiger partial charge in [-0.15, -0.1) is 0 Å². The minimum Gasteiger partial charge on any atom is -0.323 e. The fraction of sp³-hybridized carbons (Fsp3) is 0.545. The van der Waals surface area contributed by atoms with Gasteiger partial charge in [-0.1, -0.05) is 6.07 Å². The van der Waals surface area contributed by atoms with Crippen molar-refractivity contribution in [3.63, 3.8) is 0 Å². The average Bonchev–Trinajstić information content (AvgIpc) is 2.17. The fourth-order valence-corrected chi connectivity index (χ4v) is 1.85. The third-order valence-corrected chi connectivity index (χ3v) is 2.67. The van der Waals surface area contributed by atoms with Gasteiger partial charge in [0, 0.05) is 11.7 Å². The van der Waals surface area contributed by atoms with Crippen LogP contribution in [0.25, 0.3) is 0 Å². The summed E-state index contributed by atoms with van der Waals surface area (Å²) < 4.78 is 0. The summed E-state index contributed by atoms with van der Waals surface area (Å²) in [5.74, 6) is 0. The number of aromatic nitrogens is 1. The molecule has 1 aromatic rings. The third kappa shape index (κ3) is 1.73. The standard InChI is InChI=1S/C11H16N2/c1-8(12)10-7-6-9-4-2-3-5-11(9)13-10/h6-8H,2-5,12H2,1H3. The second kappa shape index (κ2) is 3.46. The smallest absolute Gasteiger partial charge is 0.0571 e. The molecule has 0 fully saturated rings. The Kier molecular flexibility index (Phi) is 2.32. The molecule has 2 heteroatoms. The van der Waals surface area contributed by atoms with E-state index >= 15 is 0 Å². The Morgan fingerprint density at radius 1 is 1.31 bits per heavy atom. The molecule has 1 aromatic heterocycles. The molecule has 2 nitrogen and oxygen atoms in total. The molecular weight excluding hydrogens is 160 g/mol. The molecule has 0 saturated carbocycles. The number of rotatable bonds is 1. The molecule has 1 unspecified atom stereocenters. The Morgan fingerprint density at radius 3 is 2.85 bits per heavy atom. The van der Waals surface area contributed by atoms with Gasteiger partial charge in [-0.05, 0) is 44.2 Å². The van der Waals surface area contributed by atoms with Gasteiger partial charge in [-0.25, -0.2) is 0 Å². The van der Waals surface area contributed by atoms with E-state index in [1.165, 1.54) is 30.5 Å². The van der Waals surface area contributed by atoms with Crippen molar-refractivity contribution < 1.29 is 0 Å². The van der Waals surface area contributed by atoms with Crippen molar-refractivity contribution in [1.82, 2.24) is 4.98 Å². The SMILES string of the molecule is CC(N)c1ccc2c(n1)CCCC2. The van der Waals surface area contributed by atoms with Crippen molar-refractivity contribution in [2.75, 3.05) is 0 Å². The molecule has 1 atom stereocenters. The highest BCUT2D eigenvalue weighted by Crippen LogP contribution is 2.20. The van der Waals surface area contributed by atoms with Gasteiger partial charge < -0.3 is 5.73 Å². The molecule has 0 aromatic carbocycles. The van der Waals surface area contributed by atoms with E-state index in [1.807, 2.05) is 6.92 Å². The summed E-state index contributed by atoms with van der Waals surface area (Å²) in [6.45, 7) is 1.98. The molecule has 0 saturated heterocycles. The van der Waals surface area contributed by atoms with Gasteiger partial charge >= 0.3 is 0 Å². The number of hydrogen-bond acceptors (Lipinski definition) is 2. The van der Waals surface area contributed by atoms with Crippen LogP contribution in [0.5, 0.6) is 0 Å². The minimum absolute atomic E-state index is 0.0622. The second-order valence-corrected chi connectivity index (χ2v) is 3.84. The Balaban J connectivity index is 2.35. The van der Waals surface area contributed by atoms with Crippen molar-refractivity contribution in [3.05, 3.63) is 29.1 Å². The van der Waals surface area contributed by atoms with Crippen LogP contribution < -0.4 is 5.73 Å². The van der Waals surface area contributed by atoms with Crippen LogP contribution in [0.3, 0.4) is 0 Å². The Morgan fingerprint density at radius 2 is 2.08 bits per heavy atom. The summed E-state index contributed by atoms with van der Waals surface area (Å²) in [5, 5.41) is 0. The average molecular weight is 176 g/mol. The molecule has 0 radical (unpaired) electrons. The van der Waals surface area contributed by atoms with Crippen LogP contribution in [0.2, 0.25) is 0 Å². The Hall–Kier alpha value is -0.890. The van der Waals surface area contributed by atoms with E-state index in [0.29, 0.717) is 0 Å². The van der Waals surface area contributed by atoms with Crippen LogP contribution in [0, 0.1) is 0 Å². The van der Waals surface area contributed by atoms with Crippen molar-refractivity contribution >= 4 is 0 Å². The lowest BCUT2D eigenvalue weighted by Crippen LogP contribution is -2.12. The van der Waals surface area contributed by atoms with Crippen molar-refractivity contribution in [1.29, 1.82) is 0 Å². The molecular formula is C11H16N2. The number of pyridine rings is 1. The molecule has 70 valence electrons. The molecule has 1 heterocycles. The van der Waals surface area contributed by atoms with Crippen LogP contribution in [-0.2, 0) is 12.8 Å². The lowest BCUT2D eigenvalue weighted by molar-refractivity contribution is 0.654. The highest BCUT2D eigenvalue weighted by molar-refractivity contribution is 5.26. The maximum atomic E-state index is 5.78. The third-order valence-electron chi connectivity index (χ3n) is 2.67. The first-order chi connectivity index (χ1) is 6.27. The molecule has 1 aliphatic rings. The summed E-state index contributed by atoms with van der Waals surface area (Å²) in [6.07, 6.45) is 4.92. The zero-order chi connectivity index (χ0) is 9.26. The number of nitrogens with two attached hydrogens (primary N) is 1. The Bertz CT molecular complexity index is 305. The second-order valence-electron chi connectivity index (χ2n) is 3.84. The maximum absolute atomic E-state index is 5.78. The fourth-order valence-electron chi connectivity index (χ4n) is 1.85. The molecule has 0 aliphatic heterocycles. The van der Waals surface area contributed by atoms with Gasteiger partial charge in [0.05, 0.1) is 5.69 Å². The maximum Gasteiger partial charge on any atom is 0.0571 e. The first kappa shape index (κ1) is 8.70. The van der Waals surface area contributed by atoms with Gasteiger partial charge in [0.2, 0.25) is 0 Å². The first-order valence-electron chi connectivity index (χ1n) is 5.01. The van der Waals surface area contributed by atoms with E-state index in [0.717, 1.165) is 12.1 Å². The van der Waals surface area contributed by atoms with Crippen LogP contribution in [-0.4, -0.2) is 4.98 Å². The van der Waals surface area contributed by atoms with E-state index < -0.39 is 0 Å². The Labute approximate surface area is 79.2 Å². The van der Waals surface area contributed by atoms with Crippen LogP contribution >= 0.6 is 0 Å². The first-order valence-corrected chi connectivity index (χ1v) is 5.01. The minimum atomic E-state index is 0.0622. The van der Waals surface area contributed by atoms with Gasteiger partial charge in [0.1, 0.15) is 0 Å². The zero-order valence-corrected chi connectivity index (χ0v) is 8.09. The van der Waals surface area contributed by atoms with E-state index in [4.69, 9.17) is 5.73 Å². The van der Waals surface area contributed by atoms with Gasteiger partial charge in [0.15, 0.2) is 0 Å². The summed E-state index contributed by atoms with van der Waals surface area (Å²) in [7, 11) is 0. The summed E-state index contributed by atoms with van der Waals surface area (Å²) in [4.78, 5) is 4.59. The molecule has 2 N–H and O–H groups in total. The van der Waals surface area contributed by atoms with Crippen molar-refractivity contribution in [3.8, 4) is 0 Å². The quantitative estimate of drug-likeness (QED) is 0.710. The molecule has 1 aliphatic carbocycles. The molecule has 13 heavy (non-hydrogen) atoms. The van der Waals surface area contributed by atoms with E-state index in [-0.39, 0.29) is 6.04 Å². The number of fused-ring (bicyclic) bond motifs is 1. The molecule has 0 spiro atoms. The monoisotopic (exact) mass is 176 g/mol. The van der Waals surface area contributed by atoms with Crippen molar-refractivity contribution in [2.45, 2.75) is 38.6 Å². The molecule has 0 bridgehead atoms. The van der Waals surface area contributed by atoms with E-state index in [2.05, 4.69) is 17.1 Å². The predicted octanol–water partition coefficient (Wildman–Crippen LogP) is 1.98.